The number of halogens is 2. The molecule has 20 heavy (non-hydrogen) atoms. The van der Waals surface area contributed by atoms with Gasteiger partial charge in [0.15, 0.2) is 0 Å². The van der Waals surface area contributed by atoms with Crippen molar-refractivity contribution in [2.75, 3.05) is 21.3 Å². The van der Waals surface area contributed by atoms with Gasteiger partial charge in [-0.1, -0.05) is 33.6 Å². The second-order valence-electron chi connectivity index (χ2n) is 3.92. The van der Waals surface area contributed by atoms with E-state index in [-0.39, 0.29) is 4.83 Å². The molecule has 0 amide bonds. The minimum absolute atomic E-state index is 0.0594. The summed E-state index contributed by atoms with van der Waals surface area (Å²) in [6, 6.07) is 5.70. The molecule has 0 N–H and O–H groups in total. The summed E-state index contributed by atoms with van der Waals surface area (Å²) in [7, 11) is 4.83. The Kier molecular flexibility index (Phi) is 5.18. The molecular weight excluding hydrogens is 364 g/mol. The quantitative estimate of drug-likeness (QED) is 0.693. The molecule has 1 aromatic heterocycles. The third-order valence-electron chi connectivity index (χ3n) is 2.90. The van der Waals surface area contributed by atoms with E-state index in [0.29, 0.717) is 16.5 Å². The lowest BCUT2D eigenvalue weighted by Crippen LogP contribution is -1.99. The van der Waals surface area contributed by atoms with Gasteiger partial charge < -0.3 is 14.2 Å². The summed E-state index contributed by atoms with van der Waals surface area (Å²) in [5, 5.41) is 2.45. The van der Waals surface area contributed by atoms with Gasteiger partial charge in [-0.25, -0.2) is 0 Å². The van der Waals surface area contributed by atoms with Crippen molar-refractivity contribution in [2.45, 2.75) is 4.83 Å². The number of hydrogen-bond donors (Lipinski definition) is 0. The summed E-state index contributed by atoms with van der Waals surface area (Å²) in [6.45, 7) is 0. The molecular formula is C14H14BrClO3S. The van der Waals surface area contributed by atoms with Crippen LogP contribution in [0.15, 0.2) is 23.6 Å². The fourth-order valence-corrected chi connectivity index (χ4v) is 4.01. The minimum atomic E-state index is -0.0594. The van der Waals surface area contributed by atoms with Gasteiger partial charge in [0.1, 0.15) is 22.3 Å². The summed E-state index contributed by atoms with van der Waals surface area (Å²) < 4.78 is 16.0. The first kappa shape index (κ1) is 15.5. The zero-order valence-corrected chi connectivity index (χ0v) is 14.4. The summed E-state index contributed by atoms with van der Waals surface area (Å²) >= 11 is 11.6. The van der Waals surface area contributed by atoms with Crippen molar-refractivity contribution in [1.82, 2.24) is 0 Å². The monoisotopic (exact) mass is 376 g/mol. The van der Waals surface area contributed by atoms with E-state index < -0.39 is 0 Å². The van der Waals surface area contributed by atoms with Gasteiger partial charge in [-0.05, 0) is 17.5 Å². The highest BCUT2D eigenvalue weighted by molar-refractivity contribution is 9.09. The van der Waals surface area contributed by atoms with E-state index in [4.69, 9.17) is 25.8 Å². The molecule has 0 radical (unpaired) electrons. The number of thiophene rings is 1. The van der Waals surface area contributed by atoms with Crippen LogP contribution in [0.25, 0.3) is 0 Å². The van der Waals surface area contributed by atoms with E-state index in [1.165, 1.54) is 0 Å². The van der Waals surface area contributed by atoms with Crippen LogP contribution in [-0.2, 0) is 0 Å². The molecule has 0 bridgehead atoms. The van der Waals surface area contributed by atoms with E-state index in [2.05, 4.69) is 15.9 Å². The van der Waals surface area contributed by atoms with Gasteiger partial charge in [-0.2, -0.15) is 0 Å². The van der Waals surface area contributed by atoms with Crippen molar-refractivity contribution >= 4 is 38.9 Å². The van der Waals surface area contributed by atoms with E-state index in [1.54, 1.807) is 32.7 Å². The molecule has 0 aliphatic rings. The van der Waals surface area contributed by atoms with Crippen molar-refractivity contribution in [3.63, 3.8) is 0 Å². The van der Waals surface area contributed by atoms with E-state index in [1.807, 2.05) is 23.6 Å². The van der Waals surface area contributed by atoms with Gasteiger partial charge in [-0.15, -0.1) is 11.3 Å². The molecule has 0 saturated heterocycles. The van der Waals surface area contributed by atoms with Crippen molar-refractivity contribution < 1.29 is 14.2 Å². The highest BCUT2D eigenvalue weighted by Crippen LogP contribution is 2.47. The van der Waals surface area contributed by atoms with Crippen LogP contribution in [0.4, 0.5) is 0 Å². The lowest BCUT2D eigenvalue weighted by molar-refractivity contribution is 0.391. The molecule has 2 rings (SSSR count). The topological polar surface area (TPSA) is 27.7 Å². The number of methoxy groups -OCH3 is 3. The zero-order valence-electron chi connectivity index (χ0n) is 11.3. The SMILES string of the molecule is COc1ccsc1C(Br)c1ccc(OC)c(Cl)c1OC. The Hall–Kier alpha value is -0.910. The molecule has 0 aliphatic carbocycles. The average molecular weight is 378 g/mol. The molecule has 0 fully saturated rings. The maximum absolute atomic E-state index is 6.29. The van der Waals surface area contributed by atoms with Gasteiger partial charge in [0.05, 0.1) is 31.0 Å². The number of hydrogen-bond acceptors (Lipinski definition) is 4. The summed E-state index contributed by atoms with van der Waals surface area (Å²) in [6.07, 6.45) is 0. The normalized spacial score (nSPS) is 12.1. The highest BCUT2D eigenvalue weighted by Gasteiger charge is 2.23. The Morgan fingerprint density at radius 3 is 2.35 bits per heavy atom. The van der Waals surface area contributed by atoms with Crippen LogP contribution < -0.4 is 14.2 Å². The Bertz CT molecular complexity index is 600. The fourth-order valence-electron chi connectivity index (χ4n) is 1.92. The molecule has 0 aliphatic heterocycles. The van der Waals surface area contributed by atoms with Gasteiger partial charge in [0.25, 0.3) is 0 Å². The Morgan fingerprint density at radius 1 is 1.05 bits per heavy atom. The molecule has 0 saturated carbocycles. The maximum atomic E-state index is 6.29. The third kappa shape index (κ3) is 2.75. The second kappa shape index (κ2) is 6.70. The highest BCUT2D eigenvalue weighted by atomic mass is 79.9. The number of rotatable bonds is 5. The van der Waals surface area contributed by atoms with Crippen LogP contribution in [0.3, 0.4) is 0 Å². The average Bonchev–Trinajstić information content (AvgIpc) is 2.94. The minimum Gasteiger partial charge on any atom is -0.496 e. The van der Waals surface area contributed by atoms with Crippen LogP contribution in [0.1, 0.15) is 15.3 Å². The number of benzene rings is 1. The Labute approximate surface area is 135 Å². The second-order valence-corrected chi connectivity index (χ2v) is 6.16. The first-order chi connectivity index (χ1) is 9.63. The lowest BCUT2D eigenvalue weighted by atomic mass is 10.1. The molecule has 6 heteroatoms. The molecule has 1 aromatic carbocycles. The largest absolute Gasteiger partial charge is 0.496 e. The van der Waals surface area contributed by atoms with Crippen LogP contribution >= 0.6 is 38.9 Å². The molecule has 108 valence electrons. The van der Waals surface area contributed by atoms with Gasteiger partial charge in [0.2, 0.25) is 0 Å². The molecule has 3 nitrogen and oxygen atoms in total. The maximum Gasteiger partial charge on any atom is 0.145 e. The summed E-state index contributed by atoms with van der Waals surface area (Å²) in [4.78, 5) is 1.00. The predicted molar refractivity (Wildman–Crippen MR) is 86.2 cm³/mol. The summed E-state index contributed by atoms with van der Waals surface area (Å²) in [5.41, 5.74) is 0.930. The first-order valence-corrected chi connectivity index (χ1v) is 7.97. The van der Waals surface area contributed by atoms with Gasteiger partial charge >= 0.3 is 0 Å². The molecule has 1 heterocycles. The Balaban J connectivity index is 2.49. The van der Waals surface area contributed by atoms with Crippen LogP contribution in [0, 0.1) is 0 Å². The smallest absolute Gasteiger partial charge is 0.145 e. The van der Waals surface area contributed by atoms with Crippen molar-refractivity contribution in [3.05, 3.63) is 39.0 Å². The van der Waals surface area contributed by atoms with Crippen LogP contribution in [0.5, 0.6) is 17.2 Å². The predicted octanol–water partition coefficient (Wildman–Crippen LogP) is 4.91. The Morgan fingerprint density at radius 2 is 1.75 bits per heavy atom. The molecule has 2 aromatic rings. The van der Waals surface area contributed by atoms with E-state index in [9.17, 15) is 0 Å². The summed E-state index contributed by atoms with van der Waals surface area (Å²) in [5.74, 6) is 2.03. The van der Waals surface area contributed by atoms with Gasteiger partial charge in [-0.3, -0.25) is 0 Å². The molecule has 1 atom stereocenters. The third-order valence-corrected chi connectivity index (χ3v) is 5.47. The fraction of sp³-hybridized carbons (Fsp3) is 0.286. The van der Waals surface area contributed by atoms with Crippen molar-refractivity contribution in [2.24, 2.45) is 0 Å². The zero-order chi connectivity index (χ0) is 14.7. The van der Waals surface area contributed by atoms with E-state index >= 15 is 0 Å². The lowest BCUT2D eigenvalue weighted by Gasteiger charge is -2.17. The van der Waals surface area contributed by atoms with Crippen molar-refractivity contribution in [1.29, 1.82) is 0 Å². The standard InChI is InChI=1S/C14H14BrClO3S/c1-17-9-5-4-8(13(19-3)12(9)16)11(15)14-10(18-2)6-7-20-14/h4-7,11H,1-3H3. The van der Waals surface area contributed by atoms with Crippen LogP contribution in [-0.4, -0.2) is 21.3 Å². The van der Waals surface area contributed by atoms with Gasteiger partial charge in [0, 0.05) is 5.56 Å². The van der Waals surface area contributed by atoms with Crippen molar-refractivity contribution in [3.8, 4) is 17.2 Å². The number of alkyl halides is 1. The molecule has 1 unspecified atom stereocenters. The van der Waals surface area contributed by atoms with Crippen LogP contribution in [0.2, 0.25) is 5.02 Å². The van der Waals surface area contributed by atoms with E-state index in [0.717, 1.165) is 16.2 Å². The number of ether oxygens (including phenoxy) is 3. The molecule has 0 spiro atoms. The first-order valence-electron chi connectivity index (χ1n) is 5.79.